The molecule has 2 aromatic heterocycles. The third kappa shape index (κ3) is 2.25. The predicted octanol–water partition coefficient (Wildman–Crippen LogP) is 1.44. The number of H-pyrrole nitrogens is 1. The molecule has 100 valence electrons. The van der Waals surface area contributed by atoms with Crippen molar-refractivity contribution in [1.29, 1.82) is 0 Å². The number of hydrogen-bond acceptors (Lipinski definition) is 3. The number of hydrogen-bond donors (Lipinski definition) is 2. The molecule has 0 radical (unpaired) electrons. The van der Waals surface area contributed by atoms with Crippen LogP contribution < -0.4 is 5.32 Å². The topological polar surface area (TPSA) is 75.6 Å². The van der Waals surface area contributed by atoms with E-state index < -0.39 is 0 Å². The average Bonchev–Trinajstić information content (AvgIpc) is 3.07. The molecule has 0 aromatic carbocycles. The number of amides is 1. The van der Waals surface area contributed by atoms with Gasteiger partial charge in [0.1, 0.15) is 0 Å². The minimum atomic E-state index is -0.0525. The summed E-state index contributed by atoms with van der Waals surface area (Å²) in [5.74, 6) is -0.0525. The Kier molecular flexibility index (Phi) is 3.06. The zero-order valence-corrected chi connectivity index (χ0v) is 10.8. The molecule has 19 heavy (non-hydrogen) atoms. The average molecular weight is 259 g/mol. The summed E-state index contributed by atoms with van der Waals surface area (Å²) in [5.41, 5.74) is 1.42. The van der Waals surface area contributed by atoms with Crippen molar-refractivity contribution >= 4 is 5.91 Å². The summed E-state index contributed by atoms with van der Waals surface area (Å²) in [7, 11) is 0. The van der Waals surface area contributed by atoms with E-state index in [9.17, 15) is 4.79 Å². The molecule has 3 rings (SSSR count). The van der Waals surface area contributed by atoms with Crippen LogP contribution in [-0.2, 0) is 0 Å². The first-order valence-electron chi connectivity index (χ1n) is 6.54. The molecule has 0 saturated heterocycles. The molecule has 2 atom stereocenters. The molecule has 1 aliphatic carbocycles. The van der Waals surface area contributed by atoms with E-state index in [0.29, 0.717) is 11.6 Å². The van der Waals surface area contributed by atoms with Crippen LogP contribution in [0, 0.1) is 6.92 Å². The van der Waals surface area contributed by atoms with Gasteiger partial charge in [0.2, 0.25) is 0 Å². The van der Waals surface area contributed by atoms with Gasteiger partial charge in [-0.25, -0.2) is 4.98 Å². The summed E-state index contributed by atoms with van der Waals surface area (Å²) in [6, 6.07) is 0.467. The Balaban J connectivity index is 1.72. The Morgan fingerprint density at radius 2 is 2.42 bits per heavy atom. The maximum absolute atomic E-state index is 12.2. The van der Waals surface area contributed by atoms with Crippen LogP contribution in [0.2, 0.25) is 0 Å². The molecule has 1 aliphatic rings. The van der Waals surface area contributed by atoms with E-state index in [1.165, 1.54) is 0 Å². The van der Waals surface area contributed by atoms with Gasteiger partial charge in [-0.15, -0.1) is 0 Å². The largest absolute Gasteiger partial charge is 0.347 e. The first-order chi connectivity index (χ1) is 9.25. The Morgan fingerprint density at radius 1 is 1.53 bits per heavy atom. The Morgan fingerprint density at radius 3 is 3.11 bits per heavy atom. The van der Waals surface area contributed by atoms with Crippen LogP contribution in [0.5, 0.6) is 0 Å². The second-order valence-corrected chi connectivity index (χ2v) is 5.00. The van der Waals surface area contributed by atoms with Gasteiger partial charge in [-0.05, 0) is 26.2 Å². The third-order valence-corrected chi connectivity index (χ3v) is 3.78. The molecule has 2 heterocycles. The van der Waals surface area contributed by atoms with Gasteiger partial charge in [-0.2, -0.15) is 5.10 Å². The van der Waals surface area contributed by atoms with Gasteiger partial charge in [0.25, 0.3) is 5.91 Å². The van der Waals surface area contributed by atoms with Crippen molar-refractivity contribution in [3.8, 4) is 0 Å². The molecule has 2 unspecified atom stereocenters. The number of imidazole rings is 1. The number of aromatic nitrogens is 4. The summed E-state index contributed by atoms with van der Waals surface area (Å²) in [5, 5.41) is 9.79. The van der Waals surface area contributed by atoms with E-state index in [-0.39, 0.29) is 11.9 Å². The summed E-state index contributed by atoms with van der Waals surface area (Å²) >= 11 is 0. The smallest absolute Gasteiger partial charge is 0.255 e. The first-order valence-corrected chi connectivity index (χ1v) is 6.54. The van der Waals surface area contributed by atoms with E-state index in [0.717, 1.165) is 25.0 Å². The number of carbonyl (C=O) groups is 1. The molecule has 1 saturated carbocycles. The summed E-state index contributed by atoms with van der Waals surface area (Å²) < 4.78 is 2.08. The second-order valence-electron chi connectivity index (χ2n) is 5.00. The molecule has 2 aromatic rings. The molecule has 6 nitrogen and oxygen atoms in total. The standard InChI is InChI=1S/C13H17N5O/c1-9-10(7-15-17-9)13(19)16-11-3-2-4-12(11)18-6-5-14-8-18/h5-8,11-12H,2-4H2,1H3,(H,15,17)(H,16,19). The molecule has 6 heteroatoms. The van der Waals surface area contributed by atoms with Gasteiger partial charge >= 0.3 is 0 Å². The third-order valence-electron chi connectivity index (χ3n) is 3.78. The Bertz CT molecular complexity index is 559. The van der Waals surface area contributed by atoms with Crippen LogP contribution in [0.3, 0.4) is 0 Å². The lowest BCUT2D eigenvalue weighted by Gasteiger charge is -2.22. The molecule has 1 fully saturated rings. The number of carbonyl (C=O) groups excluding carboxylic acids is 1. The Labute approximate surface area is 111 Å². The van der Waals surface area contributed by atoms with Crippen molar-refractivity contribution in [3.63, 3.8) is 0 Å². The zero-order chi connectivity index (χ0) is 13.2. The molecule has 2 N–H and O–H groups in total. The minimum absolute atomic E-state index is 0.0525. The first kappa shape index (κ1) is 12.0. The lowest BCUT2D eigenvalue weighted by Crippen LogP contribution is -2.38. The molecule has 0 aliphatic heterocycles. The van der Waals surface area contributed by atoms with Gasteiger partial charge in [-0.3, -0.25) is 9.89 Å². The van der Waals surface area contributed by atoms with E-state index >= 15 is 0 Å². The van der Waals surface area contributed by atoms with Gasteiger partial charge < -0.3 is 9.88 Å². The van der Waals surface area contributed by atoms with Gasteiger partial charge in [0.05, 0.1) is 24.1 Å². The van der Waals surface area contributed by atoms with Crippen molar-refractivity contribution in [2.24, 2.45) is 0 Å². The SMILES string of the molecule is Cc1[nH]ncc1C(=O)NC1CCCC1n1ccnc1. The van der Waals surface area contributed by atoms with Crippen LogP contribution in [0.1, 0.15) is 41.4 Å². The van der Waals surface area contributed by atoms with Crippen LogP contribution in [-0.4, -0.2) is 31.7 Å². The van der Waals surface area contributed by atoms with Crippen LogP contribution >= 0.6 is 0 Å². The highest BCUT2D eigenvalue weighted by Crippen LogP contribution is 2.30. The maximum Gasteiger partial charge on any atom is 0.255 e. The normalized spacial score (nSPS) is 22.6. The fourth-order valence-electron chi connectivity index (χ4n) is 2.76. The van der Waals surface area contributed by atoms with Crippen molar-refractivity contribution in [3.05, 3.63) is 36.2 Å². The lowest BCUT2D eigenvalue weighted by atomic mass is 10.1. The number of nitrogens with zero attached hydrogens (tertiary/aromatic N) is 3. The van der Waals surface area contributed by atoms with Crippen molar-refractivity contribution in [1.82, 2.24) is 25.1 Å². The van der Waals surface area contributed by atoms with Gasteiger partial charge in [0.15, 0.2) is 0 Å². The minimum Gasteiger partial charge on any atom is -0.347 e. The molecular weight excluding hydrogens is 242 g/mol. The zero-order valence-electron chi connectivity index (χ0n) is 10.8. The molecule has 0 bridgehead atoms. The number of aryl methyl sites for hydroxylation is 1. The van der Waals surface area contributed by atoms with E-state index in [1.807, 2.05) is 19.4 Å². The highest BCUT2D eigenvalue weighted by molar-refractivity contribution is 5.95. The summed E-state index contributed by atoms with van der Waals surface area (Å²) in [4.78, 5) is 16.3. The van der Waals surface area contributed by atoms with Gasteiger partial charge in [0, 0.05) is 24.1 Å². The van der Waals surface area contributed by atoms with Crippen LogP contribution in [0.15, 0.2) is 24.9 Å². The molecular formula is C13H17N5O. The lowest BCUT2D eigenvalue weighted by molar-refractivity contribution is 0.0928. The quantitative estimate of drug-likeness (QED) is 0.875. The van der Waals surface area contributed by atoms with Crippen molar-refractivity contribution < 1.29 is 4.79 Å². The second kappa shape index (κ2) is 4.87. The van der Waals surface area contributed by atoms with E-state index in [1.54, 1.807) is 12.4 Å². The maximum atomic E-state index is 12.2. The number of nitrogens with one attached hydrogen (secondary N) is 2. The fraction of sp³-hybridized carbons (Fsp3) is 0.462. The van der Waals surface area contributed by atoms with Gasteiger partial charge in [-0.1, -0.05) is 0 Å². The summed E-state index contributed by atoms with van der Waals surface area (Å²) in [6.45, 7) is 1.85. The van der Waals surface area contributed by atoms with E-state index in [2.05, 4.69) is 25.1 Å². The Hall–Kier alpha value is -2.11. The molecule has 1 amide bonds. The van der Waals surface area contributed by atoms with Crippen LogP contribution in [0.25, 0.3) is 0 Å². The summed E-state index contributed by atoms with van der Waals surface area (Å²) in [6.07, 6.45) is 10.3. The van der Waals surface area contributed by atoms with E-state index in [4.69, 9.17) is 0 Å². The number of aromatic amines is 1. The monoisotopic (exact) mass is 259 g/mol. The highest BCUT2D eigenvalue weighted by atomic mass is 16.1. The molecule has 0 spiro atoms. The van der Waals surface area contributed by atoms with Crippen molar-refractivity contribution in [2.45, 2.75) is 38.3 Å². The number of rotatable bonds is 3. The van der Waals surface area contributed by atoms with Crippen molar-refractivity contribution in [2.75, 3.05) is 0 Å². The fourth-order valence-corrected chi connectivity index (χ4v) is 2.76. The predicted molar refractivity (Wildman–Crippen MR) is 69.7 cm³/mol. The highest BCUT2D eigenvalue weighted by Gasteiger charge is 2.30. The van der Waals surface area contributed by atoms with Crippen LogP contribution in [0.4, 0.5) is 0 Å².